The van der Waals surface area contributed by atoms with E-state index in [1.54, 1.807) is 6.07 Å². The maximum absolute atomic E-state index is 9.54. The summed E-state index contributed by atoms with van der Waals surface area (Å²) in [7, 11) is 0. The van der Waals surface area contributed by atoms with Gasteiger partial charge in [-0.1, -0.05) is 34.1 Å². The summed E-state index contributed by atoms with van der Waals surface area (Å²) >= 11 is 3.63. The van der Waals surface area contributed by atoms with Gasteiger partial charge in [-0.15, -0.1) is 0 Å². The fourth-order valence-electron chi connectivity index (χ4n) is 2.78. The summed E-state index contributed by atoms with van der Waals surface area (Å²) in [5, 5.41) is 13.1. The van der Waals surface area contributed by atoms with Gasteiger partial charge in [-0.3, -0.25) is 0 Å². The van der Waals surface area contributed by atoms with Crippen LogP contribution in [0.5, 0.6) is 5.75 Å². The largest absolute Gasteiger partial charge is 0.508 e. The maximum atomic E-state index is 9.54. The Morgan fingerprint density at radius 3 is 2.60 bits per heavy atom. The van der Waals surface area contributed by atoms with Crippen LogP contribution in [0.1, 0.15) is 29.9 Å². The molecule has 0 aromatic heterocycles. The molecule has 1 aliphatic rings. The zero-order valence-electron chi connectivity index (χ0n) is 11.4. The minimum Gasteiger partial charge on any atom is -0.508 e. The number of benzene rings is 2. The van der Waals surface area contributed by atoms with Crippen LogP contribution in [0.25, 0.3) is 0 Å². The van der Waals surface area contributed by atoms with E-state index in [1.165, 1.54) is 10.0 Å². The Bertz CT molecular complexity index is 620. The fourth-order valence-corrected chi connectivity index (χ4v) is 3.39. The first-order valence-electron chi connectivity index (χ1n) is 6.94. The van der Waals surface area contributed by atoms with Crippen molar-refractivity contribution in [1.82, 2.24) is 0 Å². The van der Waals surface area contributed by atoms with Crippen LogP contribution >= 0.6 is 15.9 Å². The zero-order chi connectivity index (χ0) is 14.1. The minimum atomic E-state index is 0.357. The van der Waals surface area contributed by atoms with Crippen LogP contribution in [0.3, 0.4) is 0 Å². The SMILES string of the molecule is Cc1cc(NC2CC(c3ccccc3Br)C2)ccc1O. The smallest absolute Gasteiger partial charge is 0.118 e. The third-order valence-corrected chi connectivity index (χ3v) is 4.77. The van der Waals surface area contributed by atoms with Gasteiger partial charge in [-0.2, -0.15) is 0 Å². The van der Waals surface area contributed by atoms with Gasteiger partial charge in [-0.25, -0.2) is 0 Å². The molecular weight excluding hydrogens is 314 g/mol. The number of hydrogen-bond acceptors (Lipinski definition) is 2. The molecule has 3 rings (SSSR count). The van der Waals surface area contributed by atoms with Gasteiger partial charge < -0.3 is 10.4 Å². The second-order valence-electron chi connectivity index (χ2n) is 5.53. The van der Waals surface area contributed by atoms with Crippen molar-refractivity contribution in [3.8, 4) is 5.75 Å². The Kier molecular flexibility index (Phi) is 3.70. The van der Waals surface area contributed by atoms with Crippen molar-refractivity contribution in [2.24, 2.45) is 0 Å². The molecule has 0 radical (unpaired) electrons. The molecule has 0 atom stereocenters. The van der Waals surface area contributed by atoms with Crippen LogP contribution in [0.15, 0.2) is 46.9 Å². The summed E-state index contributed by atoms with van der Waals surface area (Å²) in [4.78, 5) is 0. The first kappa shape index (κ1) is 13.5. The number of rotatable bonds is 3. The first-order valence-corrected chi connectivity index (χ1v) is 7.73. The van der Waals surface area contributed by atoms with Gasteiger partial charge in [0.2, 0.25) is 0 Å². The predicted octanol–water partition coefficient (Wildman–Crippen LogP) is 4.82. The predicted molar refractivity (Wildman–Crippen MR) is 86.4 cm³/mol. The summed E-state index contributed by atoms with van der Waals surface area (Å²) in [5.41, 5.74) is 3.42. The molecule has 2 aromatic rings. The molecule has 0 unspecified atom stereocenters. The van der Waals surface area contributed by atoms with Crippen LogP contribution in [-0.4, -0.2) is 11.1 Å². The lowest BCUT2D eigenvalue weighted by Gasteiger charge is -2.37. The second-order valence-corrected chi connectivity index (χ2v) is 6.39. The van der Waals surface area contributed by atoms with Gasteiger partial charge in [0.25, 0.3) is 0 Å². The standard InChI is InChI=1S/C17H18BrNO/c1-11-8-13(6-7-17(11)20)19-14-9-12(10-14)15-4-2-3-5-16(15)18/h2-8,12,14,19-20H,9-10H2,1H3. The Labute approximate surface area is 128 Å². The van der Waals surface area contributed by atoms with E-state index in [1.807, 2.05) is 19.1 Å². The molecule has 2 nitrogen and oxygen atoms in total. The molecule has 1 fully saturated rings. The van der Waals surface area contributed by atoms with Crippen LogP contribution in [0.2, 0.25) is 0 Å². The van der Waals surface area contributed by atoms with Crippen molar-refractivity contribution in [1.29, 1.82) is 0 Å². The van der Waals surface area contributed by atoms with Crippen molar-refractivity contribution in [2.75, 3.05) is 5.32 Å². The summed E-state index contributed by atoms with van der Waals surface area (Å²) in [6.07, 6.45) is 2.31. The average Bonchev–Trinajstić information content (AvgIpc) is 2.39. The zero-order valence-corrected chi connectivity index (χ0v) is 13.0. The Hall–Kier alpha value is -1.48. The monoisotopic (exact) mass is 331 g/mol. The molecule has 20 heavy (non-hydrogen) atoms. The summed E-state index contributed by atoms with van der Waals surface area (Å²) in [5.74, 6) is 0.997. The van der Waals surface area contributed by atoms with Crippen LogP contribution < -0.4 is 5.32 Å². The van der Waals surface area contributed by atoms with Gasteiger partial charge in [-0.05, 0) is 61.1 Å². The first-order chi connectivity index (χ1) is 9.63. The average molecular weight is 332 g/mol. The van der Waals surface area contributed by atoms with Gasteiger partial charge in [0.15, 0.2) is 0 Å². The molecule has 2 N–H and O–H groups in total. The molecule has 0 saturated heterocycles. The van der Waals surface area contributed by atoms with Crippen LogP contribution in [0.4, 0.5) is 5.69 Å². The van der Waals surface area contributed by atoms with E-state index >= 15 is 0 Å². The summed E-state index contributed by atoms with van der Waals surface area (Å²) in [6, 6.07) is 14.7. The van der Waals surface area contributed by atoms with Gasteiger partial charge in [0.05, 0.1) is 0 Å². The third kappa shape index (κ3) is 2.68. The molecule has 0 bridgehead atoms. The Morgan fingerprint density at radius 2 is 1.90 bits per heavy atom. The van der Waals surface area contributed by atoms with Gasteiger partial charge in [0.1, 0.15) is 5.75 Å². The fraction of sp³-hybridized carbons (Fsp3) is 0.294. The molecule has 2 aromatic carbocycles. The van der Waals surface area contributed by atoms with Crippen molar-refractivity contribution in [2.45, 2.75) is 31.7 Å². The molecule has 0 aliphatic heterocycles. The Balaban J connectivity index is 1.61. The highest BCUT2D eigenvalue weighted by Gasteiger charge is 2.31. The lowest BCUT2D eigenvalue weighted by molar-refractivity contribution is 0.373. The molecule has 0 amide bonds. The number of anilines is 1. The highest BCUT2D eigenvalue weighted by molar-refractivity contribution is 9.10. The molecule has 1 saturated carbocycles. The number of aryl methyl sites for hydroxylation is 1. The molecule has 0 spiro atoms. The third-order valence-electron chi connectivity index (χ3n) is 4.05. The maximum Gasteiger partial charge on any atom is 0.118 e. The number of nitrogens with one attached hydrogen (secondary N) is 1. The van der Waals surface area contributed by atoms with Gasteiger partial charge in [0, 0.05) is 16.2 Å². The quantitative estimate of drug-likeness (QED) is 0.790. The van der Waals surface area contributed by atoms with E-state index < -0.39 is 0 Å². The summed E-state index contributed by atoms with van der Waals surface area (Å²) < 4.78 is 1.21. The van der Waals surface area contributed by atoms with E-state index in [2.05, 4.69) is 45.5 Å². The number of halogens is 1. The van der Waals surface area contributed by atoms with E-state index in [9.17, 15) is 5.11 Å². The molecule has 104 valence electrons. The highest BCUT2D eigenvalue weighted by atomic mass is 79.9. The number of phenolic OH excluding ortho intramolecular Hbond substituents is 1. The van der Waals surface area contributed by atoms with E-state index in [4.69, 9.17) is 0 Å². The Morgan fingerprint density at radius 1 is 1.15 bits per heavy atom. The highest BCUT2D eigenvalue weighted by Crippen LogP contribution is 2.41. The van der Waals surface area contributed by atoms with Gasteiger partial charge >= 0.3 is 0 Å². The van der Waals surface area contributed by atoms with E-state index in [0.29, 0.717) is 17.7 Å². The number of aromatic hydroxyl groups is 1. The summed E-state index contributed by atoms with van der Waals surface area (Å²) in [6.45, 7) is 1.92. The lowest BCUT2D eigenvalue weighted by atomic mass is 9.76. The molecule has 1 aliphatic carbocycles. The van der Waals surface area contributed by atoms with Crippen molar-refractivity contribution >= 4 is 21.6 Å². The number of hydrogen-bond donors (Lipinski definition) is 2. The topological polar surface area (TPSA) is 32.3 Å². The normalized spacial score (nSPS) is 21.3. The van der Waals surface area contributed by atoms with Crippen LogP contribution in [-0.2, 0) is 0 Å². The van der Waals surface area contributed by atoms with E-state index in [0.717, 1.165) is 24.1 Å². The van der Waals surface area contributed by atoms with Crippen molar-refractivity contribution < 1.29 is 5.11 Å². The molecule has 3 heteroatoms. The van der Waals surface area contributed by atoms with Crippen molar-refractivity contribution in [3.63, 3.8) is 0 Å². The number of phenols is 1. The van der Waals surface area contributed by atoms with E-state index in [-0.39, 0.29) is 0 Å². The second kappa shape index (κ2) is 5.49. The minimum absolute atomic E-state index is 0.357. The molecular formula is C17H18BrNO. The van der Waals surface area contributed by atoms with Crippen molar-refractivity contribution in [3.05, 3.63) is 58.1 Å². The van der Waals surface area contributed by atoms with Crippen LogP contribution in [0, 0.1) is 6.92 Å². The molecule has 0 heterocycles. The lowest BCUT2D eigenvalue weighted by Crippen LogP contribution is -2.34.